The van der Waals surface area contributed by atoms with E-state index < -0.39 is 4.92 Å². The van der Waals surface area contributed by atoms with Crippen LogP contribution < -0.4 is 16.6 Å². The number of anilines is 2. The first-order valence-corrected chi connectivity index (χ1v) is 6.56. The number of hydrogen-bond acceptors (Lipinski definition) is 8. The predicted octanol–water partition coefficient (Wildman–Crippen LogP) is 0.814. The van der Waals surface area contributed by atoms with Crippen LogP contribution in [0.3, 0.4) is 0 Å². The Morgan fingerprint density at radius 3 is 2.75 bits per heavy atom. The van der Waals surface area contributed by atoms with Gasteiger partial charge in [0.15, 0.2) is 0 Å². The van der Waals surface area contributed by atoms with E-state index in [1.807, 2.05) is 0 Å². The van der Waals surface area contributed by atoms with Crippen LogP contribution in [0.5, 0.6) is 0 Å². The van der Waals surface area contributed by atoms with E-state index in [1.165, 1.54) is 0 Å². The van der Waals surface area contributed by atoms with Gasteiger partial charge in [0.25, 0.3) is 0 Å². The van der Waals surface area contributed by atoms with Crippen LogP contribution in [0.2, 0.25) is 0 Å². The number of nitro groups is 1. The zero-order valence-electron chi connectivity index (χ0n) is 11.8. The zero-order chi connectivity index (χ0) is 15.0. The minimum Gasteiger partial charge on any atom is -0.363 e. The number of nitrogens with one attached hydrogen (secondary N) is 2. The molecule has 0 aliphatic heterocycles. The molecule has 1 aromatic rings. The third-order valence-electron chi connectivity index (χ3n) is 2.80. The summed E-state index contributed by atoms with van der Waals surface area (Å²) in [5, 5.41) is 13.9. The van der Waals surface area contributed by atoms with E-state index in [-0.39, 0.29) is 17.5 Å². The van der Waals surface area contributed by atoms with E-state index in [0.717, 1.165) is 32.3 Å². The summed E-state index contributed by atoms with van der Waals surface area (Å²) in [5.74, 6) is 5.51. The molecule has 20 heavy (non-hydrogen) atoms. The normalized spacial score (nSPS) is 10.6. The number of nitrogens with two attached hydrogens (primary N) is 1. The lowest BCUT2D eigenvalue weighted by Crippen LogP contribution is -2.30. The highest BCUT2D eigenvalue weighted by Gasteiger charge is 2.16. The highest BCUT2D eigenvalue weighted by Crippen LogP contribution is 2.21. The third-order valence-corrected chi connectivity index (χ3v) is 2.80. The average molecular weight is 283 g/mol. The van der Waals surface area contributed by atoms with Crippen LogP contribution in [-0.4, -0.2) is 46.0 Å². The summed E-state index contributed by atoms with van der Waals surface area (Å²) in [6, 6.07) is 0. The van der Waals surface area contributed by atoms with Crippen molar-refractivity contribution >= 4 is 17.5 Å². The fourth-order valence-electron chi connectivity index (χ4n) is 1.79. The summed E-state index contributed by atoms with van der Waals surface area (Å²) in [4.78, 5) is 20.3. The molecule has 1 heterocycles. The predicted molar refractivity (Wildman–Crippen MR) is 77.4 cm³/mol. The Morgan fingerprint density at radius 1 is 1.45 bits per heavy atom. The molecule has 112 valence electrons. The number of nitrogen functional groups attached to an aromatic ring is 1. The largest absolute Gasteiger partial charge is 0.363 e. The second kappa shape index (κ2) is 8.23. The average Bonchev–Trinajstić information content (AvgIpc) is 2.45. The lowest BCUT2D eigenvalue weighted by atomic mass is 10.4. The minimum absolute atomic E-state index is 0.138. The maximum atomic E-state index is 10.9. The van der Waals surface area contributed by atoms with Crippen LogP contribution >= 0.6 is 0 Å². The third kappa shape index (κ3) is 4.59. The minimum atomic E-state index is -0.522. The van der Waals surface area contributed by atoms with Gasteiger partial charge >= 0.3 is 5.69 Å². The number of hydrogen-bond donors (Lipinski definition) is 3. The van der Waals surface area contributed by atoms with Crippen LogP contribution in [0.1, 0.15) is 20.3 Å². The Bertz CT molecular complexity index is 441. The van der Waals surface area contributed by atoms with Crippen LogP contribution in [-0.2, 0) is 0 Å². The molecular formula is C11H21N7O2. The van der Waals surface area contributed by atoms with Crippen molar-refractivity contribution in [1.82, 2.24) is 14.9 Å². The Hall–Kier alpha value is -2.00. The second-order valence-corrected chi connectivity index (χ2v) is 4.19. The van der Waals surface area contributed by atoms with Crippen LogP contribution in [0, 0.1) is 10.1 Å². The summed E-state index contributed by atoms with van der Waals surface area (Å²) in [7, 11) is 0. The van der Waals surface area contributed by atoms with Gasteiger partial charge in [0.2, 0.25) is 11.8 Å². The number of nitrogens with zero attached hydrogens (tertiary/aromatic N) is 4. The van der Waals surface area contributed by atoms with Crippen LogP contribution in [0.4, 0.5) is 17.5 Å². The van der Waals surface area contributed by atoms with Gasteiger partial charge in [-0.25, -0.2) is 10.8 Å². The molecule has 0 atom stereocenters. The quantitative estimate of drug-likeness (QED) is 0.346. The van der Waals surface area contributed by atoms with Gasteiger partial charge in [-0.3, -0.25) is 15.5 Å². The van der Waals surface area contributed by atoms with Crippen molar-refractivity contribution in [3.05, 3.63) is 16.3 Å². The van der Waals surface area contributed by atoms with Gasteiger partial charge in [0.1, 0.15) is 6.20 Å². The fourth-order valence-corrected chi connectivity index (χ4v) is 1.79. The van der Waals surface area contributed by atoms with E-state index in [2.05, 4.69) is 39.5 Å². The molecule has 0 saturated heterocycles. The number of hydrazine groups is 1. The molecular weight excluding hydrogens is 262 g/mol. The zero-order valence-corrected chi connectivity index (χ0v) is 11.8. The Balaban J connectivity index is 2.67. The van der Waals surface area contributed by atoms with Crippen molar-refractivity contribution in [2.75, 3.05) is 36.9 Å². The molecule has 0 aliphatic rings. The van der Waals surface area contributed by atoms with Gasteiger partial charge in [0, 0.05) is 13.1 Å². The Kier molecular flexibility index (Phi) is 6.60. The van der Waals surface area contributed by atoms with Gasteiger partial charge in [-0.05, 0) is 19.5 Å². The highest BCUT2D eigenvalue weighted by molar-refractivity contribution is 5.56. The van der Waals surface area contributed by atoms with Crippen molar-refractivity contribution in [3.8, 4) is 0 Å². The molecule has 0 aliphatic carbocycles. The molecule has 9 nitrogen and oxygen atoms in total. The lowest BCUT2D eigenvalue weighted by Gasteiger charge is -2.19. The molecule has 0 saturated carbocycles. The molecule has 0 fully saturated rings. The van der Waals surface area contributed by atoms with Gasteiger partial charge in [0.05, 0.1) is 4.92 Å². The Labute approximate surface area is 117 Å². The first-order chi connectivity index (χ1) is 9.62. The summed E-state index contributed by atoms with van der Waals surface area (Å²) in [6.07, 6.45) is 2.21. The summed E-state index contributed by atoms with van der Waals surface area (Å²) in [6.45, 7) is 7.49. The van der Waals surface area contributed by atoms with Crippen molar-refractivity contribution < 1.29 is 4.92 Å². The first kappa shape index (κ1) is 16.1. The van der Waals surface area contributed by atoms with Gasteiger partial charge in [-0.2, -0.15) is 4.98 Å². The molecule has 0 aromatic carbocycles. The topological polar surface area (TPSA) is 122 Å². The fraction of sp³-hybridized carbons (Fsp3) is 0.636. The van der Waals surface area contributed by atoms with E-state index in [1.54, 1.807) is 0 Å². The smallest absolute Gasteiger partial charge is 0.329 e. The van der Waals surface area contributed by atoms with Crippen LogP contribution in [0.15, 0.2) is 6.20 Å². The van der Waals surface area contributed by atoms with E-state index in [9.17, 15) is 10.1 Å². The van der Waals surface area contributed by atoms with Crippen molar-refractivity contribution in [1.29, 1.82) is 0 Å². The maximum Gasteiger partial charge on any atom is 0.329 e. The summed E-state index contributed by atoms with van der Waals surface area (Å²) in [5.41, 5.74) is 2.10. The molecule has 1 rings (SSSR count). The summed E-state index contributed by atoms with van der Waals surface area (Å²) >= 11 is 0. The number of likely N-dealkylation sites (N-methyl/N-ethyl adjacent to an activating group) is 1. The van der Waals surface area contributed by atoms with Crippen LogP contribution in [0.25, 0.3) is 0 Å². The van der Waals surface area contributed by atoms with E-state index in [4.69, 9.17) is 5.84 Å². The van der Waals surface area contributed by atoms with E-state index in [0.29, 0.717) is 6.54 Å². The Morgan fingerprint density at radius 2 is 2.20 bits per heavy atom. The molecule has 4 N–H and O–H groups in total. The lowest BCUT2D eigenvalue weighted by molar-refractivity contribution is -0.384. The van der Waals surface area contributed by atoms with Gasteiger partial charge < -0.3 is 10.2 Å². The highest BCUT2D eigenvalue weighted by atomic mass is 16.6. The van der Waals surface area contributed by atoms with Gasteiger partial charge in [-0.1, -0.05) is 13.8 Å². The van der Waals surface area contributed by atoms with Crippen molar-refractivity contribution in [2.24, 2.45) is 5.84 Å². The second-order valence-electron chi connectivity index (χ2n) is 4.19. The van der Waals surface area contributed by atoms with E-state index >= 15 is 0 Å². The first-order valence-electron chi connectivity index (χ1n) is 6.56. The standard InChI is InChI=1S/C11H21N7O2/c1-3-6-17(4-2)7-5-13-10-9(18(19)20)8-14-11(15-10)16-12/h8H,3-7,12H2,1-2H3,(H2,13,14,15,16). The maximum absolute atomic E-state index is 10.9. The van der Waals surface area contributed by atoms with Crippen molar-refractivity contribution in [2.45, 2.75) is 20.3 Å². The monoisotopic (exact) mass is 283 g/mol. The van der Waals surface area contributed by atoms with Crippen molar-refractivity contribution in [3.63, 3.8) is 0 Å². The summed E-state index contributed by atoms with van der Waals surface area (Å²) < 4.78 is 0. The molecule has 1 aromatic heterocycles. The molecule has 0 unspecified atom stereocenters. The molecule has 0 amide bonds. The molecule has 0 radical (unpaired) electrons. The van der Waals surface area contributed by atoms with Gasteiger partial charge in [-0.15, -0.1) is 0 Å². The molecule has 9 heteroatoms. The number of rotatable bonds is 9. The SMILES string of the molecule is CCCN(CC)CCNc1nc(NN)ncc1[N+](=O)[O-]. The number of aromatic nitrogens is 2. The molecule has 0 bridgehead atoms. The molecule has 0 spiro atoms.